The average molecular weight is 479 g/mol. The molecule has 0 bridgehead atoms. The van der Waals surface area contributed by atoms with Gasteiger partial charge >= 0.3 is 0 Å². The first-order valence-corrected chi connectivity index (χ1v) is 14.2. The van der Waals surface area contributed by atoms with Gasteiger partial charge in [-0.05, 0) is 47.5 Å². The molecule has 4 aromatic rings. The van der Waals surface area contributed by atoms with Crippen LogP contribution in [-0.4, -0.2) is 0 Å². The summed E-state index contributed by atoms with van der Waals surface area (Å²) >= 11 is 10.4. The zero-order valence-electron chi connectivity index (χ0n) is 17.7. The van der Waals surface area contributed by atoms with E-state index in [-0.39, 0.29) is 0 Å². The highest BCUT2D eigenvalue weighted by atomic mass is 32.9. The van der Waals surface area contributed by atoms with Crippen molar-refractivity contribution in [3.63, 3.8) is 0 Å². The number of hydrogen-bond donors (Lipinski definition) is 3. The van der Waals surface area contributed by atoms with Crippen molar-refractivity contribution in [2.75, 3.05) is 0 Å². The minimum absolute atomic E-state index is 0.640. The number of benzene rings is 4. The molecule has 1 unspecified atom stereocenters. The molecule has 0 aromatic heterocycles. The second-order valence-corrected chi connectivity index (χ2v) is 13.2. The van der Waals surface area contributed by atoms with Gasteiger partial charge < -0.3 is 10.5 Å². The maximum atomic E-state index is 5.81. The van der Waals surface area contributed by atoms with Crippen LogP contribution in [0.25, 0.3) is 0 Å². The lowest BCUT2D eigenvalue weighted by atomic mass is 10.2. The zero-order valence-corrected chi connectivity index (χ0v) is 20.3. The second kappa shape index (κ2) is 12.6. The molecule has 1 atom stereocenters. The predicted molar refractivity (Wildman–Crippen MR) is 143 cm³/mol. The van der Waals surface area contributed by atoms with Gasteiger partial charge in [-0.15, -0.1) is 12.2 Å². The van der Waals surface area contributed by atoms with Crippen LogP contribution < -0.4 is 20.9 Å². The summed E-state index contributed by atoms with van der Waals surface area (Å²) in [6.07, 6.45) is 0. The Hall–Kier alpha value is -2.40. The van der Waals surface area contributed by atoms with Crippen molar-refractivity contribution in [1.29, 1.82) is 0 Å². The molecule has 0 saturated heterocycles. The molecule has 4 aromatic carbocycles. The summed E-state index contributed by atoms with van der Waals surface area (Å²) in [7, 11) is 0. The van der Waals surface area contributed by atoms with Crippen LogP contribution in [0.3, 0.4) is 0 Å². The summed E-state index contributed by atoms with van der Waals surface area (Å²) in [4.78, 5) is 0. The lowest BCUT2D eigenvalue weighted by Gasteiger charge is -2.18. The average Bonchev–Trinajstić information content (AvgIpc) is 2.85. The minimum Gasteiger partial charge on any atom is -0.457 e. The van der Waals surface area contributed by atoms with E-state index in [1.54, 1.807) is 0 Å². The quantitative estimate of drug-likeness (QED) is 0.216. The van der Waals surface area contributed by atoms with E-state index in [1.165, 1.54) is 11.1 Å². The highest BCUT2D eigenvalue weighted by Crippen LogP contribution is 2.45. The molecule has 0 saturated carbocycles. The Morgan fingerprint density at radius 3 is 1.66 bits per heavy atom. The molecule has 32 heavy (non-hydrogen) atoms. The standard InChI is InChI=1S/C19H18NOPS2.C7H9N/c23-22(24,20-15-16-7-3-1-4-8-16)19-13-11-18(12-14-19)21-17-9-5-2-6-10-17;8-6-7-4-2-1-3-5-7/h1-14H,15H2,(H2,20,23,24);1-5H,6,8H2. The third-order valence-corrected chi connectivity index (χ3v) is 8.31. The number of rotatable bonds is 7. The van der Waals surface area contributed by atoms with Crippen LogP contribution >= 0.6 is 17.6 Å². The summed E-state index contributed by atoms with van der Waals surface area (Å²) in [6.45, 7) is 1.35. The van der Waals surface area contributed by atoms with E-state index in [0.717, 1.165) is 16.8 Å². The van der Waals surface area contributed by atoms with Crippen LogP contribution in [0, 0.1) is 0 Å². The van der Waals surface area contributed by atoms with Gasteiger partial charge in [0.05, 0.1) is 5.39 Å². The van der Waals surface area contributed by atoms with E-state index < -0.39 is 5.39 Å². The number of ether oxygens (including phenoxy) is 1. The van der Waals surface area contributed by atoms with E-state index in [9.17, 15) is 0 Å². The van der Waals surface area contributed by atoms with E-state index in [1.807, 2.05) is 103 Å². The lowest BCUT2D eigenvalue weighted by Crippen LogP contribution is -2.15. The molecule has 0 aliphatic heterocycles. The number of thiol groups is 1. The number of hydrogen-bond acceptors (Lipinski definition) is 3. The van der Waals surface area contributed by atoms with Crippen molar-refractivity contribution in [3.05, 3.63) is 126 Å². The topological polar surface area (TPSA) is 47.3 Å². The minimum atomic E-state index is -2.09. The molecule has 0 aliphatic carbocycles. The van der Waals surface area contributed by atoms with Gasteiger partial charge in [-0.25, -0.2) is 0 Å². The van der Waals surface area contributed by atoms with Gasteiger partial charge in [0.25, 0.3) is 0 Å². The highest BCUT2D eigenvalue weighted by molar-refractivity contribution is 8.65. The molecule has 6 heteroatoms. The number of nitrogens with one attached hydrogen (secondary N) is 1. The van der Waals surface area contributed by atoms with E-state index >= 15 is 0 Å². The van der Waals surface area contributed by atoms with Crippen LogP contribution in [0.15, 0.2) is 115 Å². The zero-order chi connectivity index (χ0) is 22.7. The Balaban J connectivity index is 0.000000305. The molecule has 0 fully saturated rings. The fourth-order valence-corrected chi connectivity index (χ4v) is 5.14. The Morgan fingerprint density at radius 1 is 0.688 bits per heavy atom. The van der Waals surface area contributed by atoms with Gasteiger partial charge in [-0.1, -0.05) is 90.7 Å². The summed E-state index contributed by atoms with van der Waals surface area (Å²) in [5.41, 5.74) is 7.74. The first-order valence-electron chi connectivity index (χ1n) is 10.3. The Bertz CT molecular complexity index is 1110. The molecular weight excluding hydrogens is 451 g/mol. The van der Waals surface area contributed by atoms with Gasteiger partial charge in [0.1, 0.15) is 11.5 Å². The first kappa shape index (κ1) is 24.2. The predicted octanol–water partition coefficient (Wildman–Crippen LogP) is 6.28. The molecule has 0 spiro atoms. The molecule has 0 aliphatic rings. The van der Waals surface area contributed by atoms with Crippen LogP contribution in [0.5, 0.6) is 11.5 Å². The van der Waals surface area contributed by atoms with Crippen LogP contribution in [-0.2, 0) is 24.9 Å². The molecule has 3 nitrogen and oxygen atoms in total. The van der Waals surface area contributed by atoms with Gasteiger partial charge in [0, 0.05) is 18.4 Å². The molecule has 4 rings (SSSR count). The number of para-hydroxylation sites is 1. The molecule has 0 heterocycles. The SMILES string of the molecule is NCc1ccccc1.S=P(S)(NCc1ccccc1)c1ccc(Oc2ccccc2)cc1. The van der Waals surface area contributed by atoms with E-state index in [2.05, 4.69) is 17.2 Å². The van der Waals surface area contributed by atoms with Crippen LogP contribution in [0.4, 0.5) is 0 Å². The van der Waals surface area contributed by atoms with Crippen molar-refractivity contribution in [2.24, 2.45) is 5.73 Å². The van der Waals surface area contributed by atoms with Crippen molar-refractivity contribution >= 4 is 34.8 Å². The molecule has 3 N–H and O–H groups in total. The van der Waals surface area contributed by atoms with Crippen molar-refractivity contribution in [2.45, 2.75) is 13.1 Å². The normalized spacial score (nSPS) is 12.2. The van der Waals surface area contributed by atoms with Crippen molar-refractivity contribution < 1.29 is 4.74 Å². The molecular formula is C26H27N2OPS2. The monoisotopic (exact) mass is 478 g/mol. The van der Waals surface area contributed by atoms with Crippen molar-refractivity contribution in [3.8, 4) is 11.5 Å². The second-order valence-electron chi connectivity index (χ2n) is 7.00. The van der Waals surface area contributed by atoms with Crippen LogP contribution in [0.1, 0.15) is 11.1 Å². The highest BCUT2D eigenvalue weighted by Gasteiger charge is 2.14. The smallest absolute Gasteiger partial charge is 0.127 e. The summed E-state index contributed by atoms with van der Waals surface area (Å²) in [5.74, 6) is 1.61. The number of nitrogens with two attached hydrogens (primary N) is 1. The Kier molecular flexibility index (Phi) is 9.54. The first-order chi connectivity index (χ1) is 15.6. The van der Waals surface area contributed by atoms with Gasteiger partial charge in [0.15, 0.2) is 0 Å². The van der Waals surface area contributed by atoms with E-state index in [0.29, 0.717) is 13.1 Å². The summed E-state index contributed by atoms with van der Waals surface area (Å²) < 4.78 is 5.81. The van der Waals surface area contributed by atoms with Gasteiger partial charge in [0.2, 0.25) is 0 Å². The fraction of sp³-hybridized carbons (Fsp3) is 0.0769. The summed E-state index contributed by atoms with van der Waals surface area (Å²) in [5, 5.41) is 2.34. The third-order valence-electron chi connectivity index (χ3n) is 4.58. The van der Waals surface area contributed by atoms with E-state index in [4.69, 9.17) is 34.5 Å². The summed E-state index contributed by atoms with van der Waals surface area (Å²) in [6, 6.07) is 37.8. The third kappa shape index (κ3) is 7.94. The fourth-order valence-electron chi connectivity index (χ4n) is 2.84. The maximum absolute atomic E-state index is 5.81. The van der Waals surface area contributed by atoms with Crippen LogP contribution in [0.2, 0.25) is 0 Å². The Labute approximate surface area is 200 Å². The largest absolute Gasteiger partial charge is 0.457 e. The maximum Gasteiger partial charge on any atom is 0.127 e. The molecule has 164 valence electrons. The molecule has 0 amide bonds. The molecule has 0 radical (unpaired) electrons. The van der Waals surface area contributed by atoms with Gasteiger partial charge in [-0.2, -0.15) is 0 Å². The van der Waals surface area contributed by atoms with Crippen molar-refractivity contribution in [1.82, 2.24) is 5.09 Å². The van der Waals surface area contributed by atoms with Gasteiger partial charge in [-0.3, -0.25) is 5.09 Å². The Morgan fingerprint density at radius 2 is 1.16 bits per heavy atom. The lowest BCUT2D eigenvalue weighted by molar-refractivity contribution is 0.483.